The molecule has 1 aliphatic heterocycles. The molecule has 4 aromatic rings. The number of carbonyl (C=O) groups excluding carboxylic acids is 2. The molecule has 0 atom stereocenters. The Morgan fingerprint density at radius 1 is 1.06 bits per heavy atom. The second-order valence-electron chi connectivity index (χ2n) is 8.33. The van der Waals surface area contributed by atoms with Crippen molar-refractivity contribution in [1.29, 1.82) is 0 Å². The molecular weight excluding hydrogens is 475 g/mol. The second kappa shape index (κ2) is 8.91. The fourth-order valence-corrected chi connectivity index (χ4v) is 4.12. The molecule has 0 radical (unpaired) electrons. The van der Waals surface area contributed by atoms with Crippen molar-refractivity contribution in [3.8, 4) is 22.8 Å². The number of benzene rings is 2. The van der Waals surface area contributed by atoms with E-state index in [9.17, 15) is 22.8 Å². The summed E-state index contributed by atoms with van der Waals surface area (Å²) in [5.74, 6) is -0.248. The van der Waals surface area contributed by atoms with E-state index in [0.717, 1.165) is 5.56 Å². The number of rotatable bonds is 6. The number of allylic oxidation sites excluding steroid dienone is 1. The van der Waals surface area contributed by atoms with E-state index in [4.69, 9.17) is 10.5 Å². The molecule has 0 unspecified atom stereocenters. The van der Waals surface area contributed by atoms with E-state index in [-0.39, 0.29) is 30.8 Å². The number of nitrogens with two attached hydrogens (primary N) is 1. The topological polar surface area (TPSA) is 106 Å². The van der Waals surface area contributed by atoms with Crippen LogP contribution in [-0.4, -0.2) is 50.6 Å². The molecule has 184 valence electrons. The molecule has 8 nitrogen and oxygen atoms in total. The quantitative estimate of drug-likeness (QED) is 0.390. The first-order valence-electron chi connectivity index (χ1n) is 11.0. The van der Waals surface area contributed by atoms with Crippen molar-refractivity contribution in [2.24, 2.45) is 5.73 Å². The number of carbonyl (C=O) groups is 2. The normalized spacial score (nSPS) is 14.4. The molecule has 1 saturated heterocycles. The maximum absolute atomic E-state index is 12.3. The van der Waals surface area contributed by atoms with E-state index in [2.05, 4.69) is 10.1 Å². The van der Waals surface area contributed by atoms with Crippen LogP contribution in [0.5, 0.6) is 11.5 Å². The summed E-state index contributed by atoms with van der Waals surface area (Å²) in [6.07, 6.45) is -2.53. The number of para-hydroxylation sites is 1. The van der Waals surface area contributed by atoms with E-state index in [1.807, 2.05) is 30.3 Å². The molecule has 0 spiro atoms. The number of nitrogens with one attached hydrogen (secondary N) is 1. The maximum atomic E-state index is 12.3. The monoisotopic (exact) mass is 495 g/mol. The van der Waals surface area contributed by atoms with Crippen LogP contribution < -0.4 is 10.5 Å². The van der Waals surface area contributed by atoms with Gasteiger partial charge in [0.25, 0.3) is 5.91 Å². The highest BCUT2D eigenvalue weighted by atomic mass is 19.4. The average Bonchev–Trinajstić information content (AvgIpc) is 3.37. The minimum Gasteiger partial charge on any atom is -0.457 e. The number of H-pyrrole nitrogens is 1. The summed E-state index contributed by atoms with van der Waals surface area (Å²) in [4.78, 5) is 28.8. The second-order valence-corrected chi connectivity index (χ2v) is 8.33. The maximum Gasteiger partial charge on any atom is 0.409 e. The van der Waals surface area contributed by atoms with Gasteiger partial charge in [-0.2, -0.15) is 18.3 Å². The average molecular weight is 495 g/mol. The summed E-state index contributed by atoms with van der Waals surface area (Å²) in [7, 11) is 0. The van der Waals surface area contributed by atoms with Gasteiger partial charge in [-0.1, -0.05) is 18.2 Å². The molecule has 3 N–H and O–H groups in total. The molecule has 5 rings (SSSR count). The Kier molecular flexibility index (Phi) is 5.75. The Labute approximate surface area is 202 Å². The number of imidazole rings is 1. The van der Waals surface area contributed by atoms with E-state index < -0.39 is 18.0 Å². The van der Waals surface area contributed by atoms with E-state index >= 15 is 0 Å². The first-order valence-corrected chi connectivity index (χ1v) is 11.0. The number of hydrogen-bond donors (Lipinski definition) is 2. The van der Waals surface area contributed by atoms with Gasteiger partial charge in [0.1, 0.15) is 17.1 Å². The summed E-state index contributed by atoms with van der Waals surface area (Å²) in [6.45, 7) is 0.461. The number of halogens is 3. The van der Waals surface area contributed by atoms with Crippen LogP contribution in [0.3, 0.4) is 0 Å². The molecule has 0 aliphatic carbocycles. The van der Waals surface area contributed by atoms with Crippen molar-refractivity contribution in [3.05, 3.63) is 84.2 Å². The number of nitrogens with zero attached hydrogens (tertiary/aromatic N) is 3. The van der Waals surface area contributed by atoms with Gasteiger partial charge in [-0.05, 0) is 36.4 Å². The predicted octanol–water partition coefficient (Wildman–Crippen LogP) is 4.26. The fourth-order valence-electron chi connectivity index (χ4n) is 4.12. The van der Waals surface area contributed by atoms with Crippen LogP contribution in [0.25, 0.3) is 16.9 Å². The molecule has 2 aromatic heterocycles. The first kappa shape index (κ1) is 23.2. The third-order valence-electron chi connectivity index (χ3n) is 5.89. The van der Waals surface area contributed by atoms with Gasteiger partial charge in [-0.3, -0.25) is 9.59 Å². The van der Waals surface area contributed by atoms with Crippen molar-refractivity contribution in [3.63, 3.8) is 0 Å². The lowest BCUT2D eigenvalue weighted by Gasteiger charge is -2.38. The number of aromatic nitrogens is 3. The molecule has 11 heteroatoms. The van der Waals surface area contributed by atoms with Gasteiger partial charge < -0.3 is 20.4 Å². The Hall–Kier alpha value is -4.54. The predicted molar refractivity (Wildman–Crippen MR) is 125 cm³/mol. The van der Waals surface area contributed by atoms with Gasteiger partial charge in [-0.25, -0.2) is 4.52 Å². The zero-order chi connectivity index (χ0) is 25.4. The Morgan fingerprint density at radius 2 is 1.72 bits per heavy atom. The number of amides is 2. The summed E-state index contributed by atoms with van der Waals surface area (Å²) < 4.78 is 44.2. The largest absolute Gasteiger partial charge is 0.457 e. The van der Waals surface area contributed by atoms with Gasteiger partial charge in [0.15, 0.2) is 5.69 Å². The number of hydrogen-bond acceptors (Lipinski definition) is 4. The summed E-state index contributed by atoms with van der Waals surface area (Å²) in [5, 5.41) is 4.29. The Balaban J connectivity index is 1.38. The number of likely N-dealkylation sites (tertiary alicyclic amines) is 1. The van der Waals surface area contributed by atoms with Crippen LogP contribution in [0.4, 0.5) is 13.2 Å². The van der Waals surface area contributed by atoms with Gasteiger partial charge in [0.2, 0.25) is 5.91 Å². The number of ether oxygens (including phenoxy) is 1. The molecule has 1 aliphatic rings. The molecule has 2 aromatic carbocycles. The van der Waals surface area contributed by atoms with Crippen molar-refractivity contribution < 1.29 is 27.5 Å². The third-order valence-corrected chi connectivity index (χ3v) is 5.89. The molecule has 2 amide bonds. The standard InChI is InChI=1S/C25H20F3N5O3/c26-25(27,28)11-10-20(34)32-13-16(14-32)19-12-30-33-22(23(29)35)21(31-24(19)33)15-6-8-18(9-7-15)36-17-4-2-1-3-5-17/h1-12,16,31H,13-14H2,(H2,29,35)/b11-10+. The van der Waals surface area contributed by atoms with Crippen LogP contribution in [0.2, 0.25) is 0 Å². The van der Waals surface area contributed by atoms with Gasteiger partial charge in [-0.15, -0.1) is 0 Å². The molecule has 3 heterocycles. The number of aromatic amines is 1. The Bertz CT molecular complexity index is 1450. The minimum atomic E-state index is -4.55. The lowest BCUT2D eigenvalue weighted by Crippen LogP contribution is -2.47. The fraction of sp³-hybridized carbons (Fsp3) is 0.160. The van der Waals surface area contributed by atoms with E-state index in [1.54, 1.807) is 30.5 Å². The van der Waals surface area contributed by atoms with Crippen LogP contribution in [0.15, 0.2) is 72.9 Å². The van der Waals surface area contributed by atoms with Gasteiger partial charge in [0.05, 0.1) is 11.9 Å². The SMILES string of the molecule is NC(=O)c1c(-c2ccc(Oc3ccccc3)cc2)[nH]c2c(C3CN(C(=O)/C=C/C(F)(F)F)C3)cnn12. The van der Waals surface area contributed by atoms with E-state index in [1.165, 1.54) is 9.42 Å². The highest BCUT2D eigenvalue weighted by molar-refractivity contribution is 5.98. The number of fused-ring (bicyclic) bond motifs is 1. The smallest absolute Gasteiger partial charge is 0.409 e. The summed E-state index contributed by atoms with van der Waals surface area (Å²) >= 11 is 0. The molecule has 0 bridgehead atoms. The number of primary amides is 1. The highest BCUT2D eigenvalue weighted by Gasteiger charge is 2.35. The lowest BCUT2D eigenvalue weighted by atomic mass is 9.93. The summed E-state index contributed by atoms with van der Waals surface area (Å²) in [5.41, 5.74) is 8.24. The first-order chi connectivity index (χ1) is 17.2. The van der Waals surface area contributed by atoms with Crippen molar-refractivity contribution in [2.45, 2.75) is 12.1 Å². The zero-order valence-corrected chi connectivity index (χ0v) is 18.7. The zero-order valence-electron chi connectivity index (χ0n) is 18.7. The van der Waals surface area contributed by atoms with Gasteiger partial charge in [0, 0.05) is 42.3 Å². The Morgan fingerprint density at radius 3 is 2.36 bits per heavy atom. The van der Waals surface area contributed by atoms with Crippen LogP contribution in [-0.2, 0) is 4.79 Å². The number of alkyl halides is 3. The van der Waals surface area contributed by atoms with E-state index in [0.29, 0.717) is 34.5 Å². The van der Waals surface area contributed by atoms with Gasteiger partial charge >= 0.3 is 6.18 Å². The minimum absolute atomic E-state index is 0.0761. The van der Waals surface area contributed by atoms with Crippen molar-refractivity contribution >= 4 is 17.5 Å². The molecule has 36 heavy (non-hydrogen) atoms. The van der Waals surface area contributed by atoms with Crippen LogP contribution in [0.1, 0.15) is 22.0 Å². The molecule has 0 saturated carbocycles. The van der Waals surface area contributed by atoms with Crippen molar-refractivity contribution in [1.82, 2.24) is 19.5 Å². The van der Waals surface area contributed by atoms with Crippen LogP contribution in [0, 0.1) is 0 Å². The molecular formula is C25H20F3N5O3. The summed E-state index contributed by atoms with van der Waals surface area (Å²) in [6, 6.07) is 16.4. The molecule has 1 fully saturated rings. The third kappa shape index (κ3) is 4.54. The lowest BCUT2D eigenvalue weighted by molar-refractivity contribution is -0.131. The highest BCUT2D eigenvalue weighted by Crippen LogP contribution is 2.34. The van der Waals surface area contributed by atoms with Crippen LogP contribution >= 0.6 is 0 Å². The van der Waals surface area contributed by atoms with Crippen molar-refractivity contribution in [2.75, 3.05) is 13.1 Å².